The van der Waals surface area contributed by atoms with Gasteiger partial charge in [0.15, 0.2) is 0 Å². The number of carboxylic acids is 1. The van der Waals surface area contributed by atoms with Crippen molar-refractivity contribution < 1.29 is 80.1 Å². The molecule has 9 N–H and O–H groups in total. The molecule has 2 unspecified atom stereocenters. The van der Waals surface area contributed by atoms with E-state index < -0.39 is 98.8 Å². The first-order valence-corrected chi connectivity index (χ1v) is 20.6. The van der Waals surface area contributed by atoms with E-state index in [1.54, 1.807) is 0 Å². The Bertz CT molecular complexity index is 1820. The molecule has 0 aromatic heterocycles. The van der Waals surface area contributed by atoms with Gasteiger partial charge in [-0.3, -0.25) is 37.9 Å². The largest absolute Gasteiger partial charge is 0.481 e. The van der Waals surface area contributed by atoms with Gasteiger partial charge in [0.1, 0.15) is 12.1 Å². The van der Waals surface area contributed by atoms with Gasteiger partial charge in [-0.05, 0) is 38.6 Å². The molecule has 0 saturated carbocycles. The second kappa shape index (κ2) is 22.5. The minimum Gasteiger partial charge on any atom is -0.481 e. The highest BCUT2D eigenvalue weighted by Crippen LogP contribution is 2.59. The Morgan fingerprint density at radius 3 is 1.91 bits per heavy atom. The van der Waals surface area contributed by atoms with Crippen LogP contribution in [0.25, 0.3) is 0 Å². The van der Waals surface area contributed by atoms with E-state index in [0.717, 1.165) is 12.1 Å². The van der Waals surface area contributed by atoms with Crippen molar-refractivity contribution in [3.05, 3.63) is 70.8 Å². The summed E-state index contributed by atoms with van der Waals surface area (Å²) >= 11 is 3.94. The summed E-state index contributed by atoms with van der Waals surface area (Å²) in [6, 6.07) is 5.36. The maximum atomic E-state index is 14.2. The molecule has 0 bridgehead atoms. The van der Waals surface area contributed by atoms with Crippen LogP contribution in [0.2, 0.25) is 0 Å². The van der Waals surface area contributed by atoms with Crippen LogP contribution >= 0.6 is 27.8 Å². The molecule has 0 aliphatic carbocycles. The molecule has 25 heteroatoms. The number of carbonyl (C=O) groups is 6. The minimum atomic E-state index is -5.90. The van der Waals surface area contributed by atoms with Crippen molar-refractivity contribution in [1.29, 1.82) is 0 Å². The maximum absolute atomic E-state index is 14.2. The molecule has 0 aliphatic rings. The number of hydrogen-bond acceptors (Lipinski definition) is 11. The number of primary amides is 1. The SMILES string of the molecule is NC(=O)[C@@H](S)CNC(=O)CCCCCNC(=O)C(Cc1ccc(C(F)(F)P(=O)(O)O)cc1)NC(=O)C(CC(=O)O)NC(=O)Cc1ccc(CP(=O)(OF)OF)cc1. The molecule has 0 spiro atoms. The number of nitrogens with one attached hydrogen (secondary N) is 4. The van der Waals surface area contributed by atoms with Gasteiger partial charge in [-0.15, -0.1) is 9.46 Å². The first kappa shape index (κ1) is 48.8. The van der Waals surface area contributed by atoms with Gasteiger partial charge < -0.3 is 41.9 Å². The zero-order valence-corrected chi connectivity index (χ0v) is 32.5. The highest BCUT2D eigenvalue weighted by Gasteiger charge is 2.50. The normalized spacial score (nSPS) is 13.5. The number of nitrogens with two attached hydrogens (primary N) is 1. The summed E-state index contributed by atoms with van der Waals surface area (Å²) in [5.74, 6) is -5.42. The highest BCUT2D eigenvalue weighted by atomic mass is 32.1. The summed E-state index contributed by atoms with van der Waals surface area (Å²) < 4.78 is 82.3. The van der Waals surface area contributed by atoms with Gasteiger partial charge in [0.2, 0.25) is 29.5 Å². The number of carboxylic acid groups (broad SMARTS) is 1. The lowest BCUT2D eigenvalue weighted by molar-refractivity contribution is -0.141. The third-order valence-corrected chi connectivity index (χ3v) is 10.5. The summed E-state index contributed by atoms with van der Waals surface area (Å²) in [5, 5.41) is 18.2. The fourth-order valence-electron chi connectivity index (χ4n) is 4.91. The molecule has 0 aliphatic heterocycles. The summed E-state index contributed by atoms with van der Waals surface area (Å²) in [6.07, 6.45) is -1.34. The van der Waals surface area contributed by atoms with Crippen molar-refractivity contribution >= 4 is 63.3 Å². The number of aliphatic carboxylic acids is 1. The Morgan fingerprint density at radius 2 is 1.37 bits per heavy atom. The standard InChI is InChI=1S/C32H41F4N5O13P2S/c33-32(34,56(50,51)52)22-11-9-19(10-12-22)14-23(30(47)38-13-3-1-2-4-26(42)39-17-25(57)29(37)46)41-31(48)24(16-28(44)45)40-27(43)15-20-5-7-21(8-6-20)18-55(49,53-35)54-36/h5-12,23-25,57H,1-4,13-18H2,(H2,37,46)(H,38,47)(H,39,42)(H,40,43)(H,41,48)(H,44,45)(H2,50,51,52)/t23?,24?,25-/m0/s1. The summed E-state index contributed by atoms with van der Waals surface area (Å²) in [7, 11) is -10.6. The molecule has 18 nitrogen and oxygen atoms in total. The Balaban J connectivity index is 2.16. The lowest BCUT2D eigenvalue weighted by Crippen LogP contribution is -2.55. The minimum absolute atomic E-state index is 0.0217. The predicted octanol–water partition coefficient (Wildman–Crippen LogP) is 2.21. The summed E-state index contributed by atoms with van der Waals surface area (Å²) in [4.78, 5) is 92.3. The van der Waals surface area contributed by atoms with Gasteiger partial charge in [-0.2, -0.15) is 21.4 Å². The van der Waals surface area contributed by atoms with Gasteiger partial charge in [-0.1, -0.05) is 55.0 Å². The van der Waals surface area contributed by atoms with Crippen LogP contribution in [0.5, 0.6) is 0 Å². The molecule has 2 aromatic carbocycles. The topological polar surface area (TPSA) is 290 Å². The van der Waals surface area contributed by atoms with E-state index in [4.69, 9.17) is 15.5 Å². The smallest absolute Gasteiger partial charge is 0.399 e. The number of hydrogen-bond donors (Lipinski definition) is 9. The Hall–Kier alpha value is -4.37. The average molecular weight is 874 g/mol. The van der Waals surface area contributed by atoms with Crippen LogP contribution in [-0.4, -0.2) is 80.8 Å². The van der Waals surface area contributed by atoms with E-state index in [9.17, 15) is 60.8 Å². The first-order chi connectivity index (χ1) is 26.6. The van der Waals surface area contributed by atoms with Crippen LogP contribution in [0.3, 0.4) is 0 Å². The fraction of sp³-hybridized carbons (Fsp3) is 0.438. The number of carbonyl (C=O) groups excluding carboxylic acids is 5. The van der Waals surface area contributed by atoms with E-state index >= 15 is 0 Å². The third kappa shape index (κ3) is 16.6. The second-order valence-corrected chi connectivity index (χ2v) is 16.6. The van der Waals surface area contributed by atoms with Crippen molar-refractivity contribution in [2.24, 2.45) is 5.73 Å². The number of amides is 5. The molecule has 5 amide bonds. The number of halogens is 4. The van der Waals surface area contributed by atoms with Crippen molar-refractivity contribution in [2.45, 2.75) is 74.1 Å². The molecule has 0 fully saturated rings. The van der Waals surface area contributed by atoms with Crippen LogP contribution in [0.1, 0.15) is 54.4 Å². The molecular formula is C32H41F4N5O13P2S. The quantitative estimate of drug-likeness (QED) is 0.0300. The fourth-order valence-corrected chi connectivity index (χ4v) is 6.26. The third-order valence-electron chi connectivity index (χ3n) is 7.95. The molecule has 0 radical (unpaired) electrons. The summed E-state index contributed by atoms with van der Waals surface area (Å²) in [6.45, 7) is -0.0420. The van der Waals surface area contributed by atoms with Crippen molar-refractivity contribution in [3.63, 3.8) is 0 Å². The molecule has 57 heavy (non-hydrogen) atoms. The Kier molecular flexibility index (Phi) is 19.3. The number of benzene rings is 2. The lowest BCUT2D eigenvalue weighted by Gasteiger charge is -2.23. The van der Waals surface area contributed by atoms with Crippen LogP contribution in [-0.2, 0) is 72.0 Å². The molecule has 2 aromatic rings. The predicted molar refractivity (Wildman–Crippen MR) is 194 cm³/mol. The molecule has 0 saturated heterocycles. The Labute approximate surface area is 327 Å². The maximum Gasteiger partial charge on any atom is 0.399 e. The van der Waals surface area contributed by atoms with Crippen molar-refractivity contribution in [2.75, 3.05) is 13.1 Å². The van der Waals surface area contributed by atoms with E-state index in [1.165, 1.54) is 24.3 Å². The number of thiol groups is 1. The number of alkyl halides is 2. The molecular weight excluding hydrogens is 832 g/mol. The lowest BCUT2D eigenvalue weighted by atomic mass is 10.0. The first-order valence-electron chi connectivity index (χ1n) is 16.7. The molecule has 3 atom stereocenters. The zero-order valence-electron chi connectivity index (χ0n) is 29.8. The molecule has 0 heterocycles. The van der Waals surface area contributed by atoms with Crippen LogP contribution in [0.4, 0.5) is 17.8 Å². The average Bonchev–Trinajstić information content (AvgIpc) is 3.14. The van der Waals surface area contributed by atoms with Crippen LogP contribution in [0, 0.1) is 0 Å². The monoisotopic (exact) mass is 873 g/mol. The zero-order chi connectivity index (χ0) is 43.0. The van der Waals surface area contributed by atoms with E-state index in [0.29, 0.717) is 31.4 Å². The van der Waals surface area contributed by atoms with E-state index in [1.807, 2.05) is 0 Å². The van der Waals surface area contributed by atoms with Gasteiger partial charge >= 0.3 is 26.8 Å². The number of rotatable bonds is 25. The molecule has 2 rings (SSSR count). The number of unbranched alkanes of at least 4 members (excludes halogenated alkanes) is 2. The summed E-state index contributed by atoms with van der Waals surface area (Å²) in [5.41, 5.74) is 0.0201. The van der Waals surface area contributed by atoms with Gasteiger partial charge in [0.25, 0.3) is 0 Å². The highest BCUT2D eigenvalue weighted by molar-refractivity contribution is 7.81. The molecule has 316 valence electrons. The van der Waals surface area contributed by atoms with Crippen molar-refractivity contribution in [1.82, 2.24) is 21.3 Å². The van der Waals surface area contributed by atoms with Gasteiger partial charge in [0.05, 0.1) is 24.3 Å². The van der Waals surface area contributed by atoms with Gasteiger partial charge in [-0.25, -0.2) is 0 Å². The Morgan fingerprint density at radius 1 is 0.789 bits per heavy atom. The van der Waals surface area contributed by atoms with Crippen LogP contribution < -0.4 is 27.0 Å². The van der Waals surface area contributed by atoms with Gasteiger partial charge in [0, 0.05) is 31.5 Å². The van der Waals surface area contributed by atoms with E-state index in [-0.39, 0.29) is 42.1 Å². The second-order valence-electron chi connectivity index (χ2n) is 12.5. The van der Waals surface area contributed by atoms with Crippen LogP contribution in [0.15, 0.2) is 48.5 Å². The van der Waals surface area contributed by atoms with Crippen molar-refractivity contribution in [3.8, 4) is 0 Å². The van der Waals surface area contributed by atoms with E-state index in [2.05, 4.69) is 43.4 Å².